The predicted octanol–water partition coefficient (Wildman–Crippen LogP) is -0.338. The minimum atomic E-state index is 0.0518. The number of hydrogen-bond donors (Lipinski definition) is 2. The van der Waals surface area contributed by atoms with E-state index in [1.54, 1.807) is 12.7 Å². The summed E-state index contributed by atoms with van der Waals surface area (Å²) in [4.78, 5) is 11.4. The van der Waals surface area contributed by atoms with E-state index >= 15 is 0 Å². The Hall–Kier alpha value is -2.06. The first-order valence-corrected chi connectivity index (χ1v) is 5.77. The SMILES string of the molecule is c1nc2ncn3c(C4COCCN4)nnc3c2[nH]1. The maximum atomic E-state index is 5.44. The van der Waals surface area contributed by atoms with Crippen LogP contribution in [0.5, 0.6) is 0 Å². The molecule has 4 heterocycles. The van der Waals surface area contributed by atoms with E-state index in [-0.39, 0.29) is 6.04 Å². The summed E-state index contributed by atoms with van der Waals surface area (Å²) in [6.07, 6.45) is 3.30. The quantitative estimate of drug-likeness (QED) is 0.609. The van der Waals surface area contributed by atoms with E-state index in [1.807, 2.05) is 4.40 Å². The van der Waals surface area contributed by atoms with E-state index in [2.05, 4.69) is 30.5 Å². The molecule has 18 heavy (non-hydrogen) atoms. The lowest BCUT2D eigenvalue weighted by molar-refractivity contribution is 0.0739. The molecule has 1 unspecified atom stereocenters. The van der Waals surface area contributed by atoms with Gasteiger partial charge in [-0.05, 0) is 0 Å². The Morgan fingerprint density at radius 1 is 1.33 bits per heavy atom. The zero-order valence-corrected chi connectivity index (χ0v) is 9.50. The van der Waals surface area contributed by atoms with Gasteiger partial charge in [-0.2, -0.15) is 0 Å². The molecule has 2 N–H and O–H groups in total. The Balaban J connectivity index is 1.90. The Labute approximate surface area is 101 Å². The zero-order valence-electron chi connectivity index (χ0n) is 9.50. The van der Waals surface area contributed by atoms with Crippen molar-refractivity contribution in [2.24, 2.45) is 0 Å². The van der Waals surface area contributed by atoms with Gasteiger partial charge in [0.05, 0.1) is 25.6 Å². The number of fused-ring (bicyclic) bond motifs is 3. The third kappa shape index (κ3) is 1.33. The molecule has 0 saturated carbocycles. The molecule has 1 fully saturated rings. The Kier molecular flexibility index (Phi) is 2.05. The van der Waals surface area contributed by atoms with E-state index in [0.29, 0.717) is 12.3 Å². The van der Waals surface area contributed by atoms with Crippen LogP contribution in [0.3, 0.4) is 0 Å². The van der Waals surface area contributed by atoms with Gasteiger partial charge in [-0.25, -0.2) is 9.97 Å². The molecule has 1 atom stereocenters. The standard InChI is InChI=1S/C10H11N7O/c1-2-18-3-6(11-1)9-15-16-10-7-8(13-4-12-7)14-5-17(9)10/h4-6,11H,1-3H2,(H,12,13). The highest BCUT2D eigenvalue weighted by Gasteiger charge is 2.22. The molecule has 0 aliphatic carbocycles. The summed E-state index contributed by atoms with van der Waals surface area (Å²) in [6.45, 7) is 2.15. The number of nitrogens with zero attached hydrogens (tertiary/aromatic N) is 5. The predicted molar refractivity (Wildman–Crippen MR) is 62.0 cm³/mol. The van der Waals surface area contributed by atoms with E-state index in [4.69, 9.17) is 4.74 Å². The van der Waals surface area contributed by atoms with Gasteiger partial charge in [0.2, 0.25) is 0 Å². The fraction of sp³-hybridized carbons (Fsp3) is 0.400. The van der Waals surface area contributed by atoms with Gasteiger partial charge in [-0.3, -0.25) is 4.40 Å². The van der Waals surface area contributed by atoms with Crippen LogP contribution in [0.25, 0.3) is 16.8 Å². The fourth-order valence-electron chi connectivity index (χ4n) is 2.22. The number of aromatic amines is 1. The lowest BCUT2D eigenvalue weighted by Gasteiger charge is -2.22. The molecule has 1 aliphatic heterocycles. The van der Waals surface area contributed by atoms with Crippen LogP contribution in [0.2, 0.25) is 0 Å². The monoisotopic (exact) mass is 245 g/mol. The maximum Gasteiger partial charge on any atom is 0.189 e. The third-order valence-electron chi connectivity index (χ3n) is 3.09. The molecule has 0 aromatic carbocycles. The van der Waals surface area contributed by atoms with Crippen molar-refractivity contribution in [1.29, 1.82) is 0 Å². The molecule has 0 radical (unpaired) electrons. The molecule has 0 spiro atoms. The highest BCUT2D eigenvalue weighted by molar-refractivity contribution is 5.84. The van der Waals surface area contributed by atoms with Crippen molar-refractivity contribution in [2.75, 3.05) is 19.8 Å². The number of aromatic nitrogens is 6. The van der Waals surface area contributed by atoms with Crippen molar-refractivity contribution in [2.45, 2.75) is 6.04 Å². The Bertz CT molecular complexity index is 696. The lowest BCUT2D eigenvalue weighted by atomic mass is 10.2. The minimum absolute atomic E-state index is 0.0518. The zero-order chi connectivity index (χ0) is 11.9. The number of nitrogens with one attached hydrogen (secondary N) is 2. The summed E-state index contributed by atoms with van der Waals surface area (Å²) < 4.78 is 7.31. The smallest absolute Gasteiger partial charge is 0.189 e. The van der Waals surface area contributed by atoms with E-state index in [1.165, 1.54) is 0 Å². The van der Waals surface area contributed by atoms with Crippen molar-refractivity contribution < 1.29 is 4.74 Å². The van der Waals surface area contributed by atoms with Gasteiger partial charge < -0.3 is 15.0 Å². The van der Waals surface area contributed by atoms with Gasteiger partial charge in [-0.15, -0.1) is 10.2 Å². The first kappa shape index (κ1) is 9.92. The van der Waals surface area contributed by atoms with Crippen molar-refractivity contribution >= 4 is 16.8 Å². The Morgan fingerprint density at radius 3 is 3.22 bits per heavy atom. The average Bonchev–Trinajstić information content (AvgIpc) is 3.05. The van der Waals surface area contributed by atoms with Gasteiger partial charge >= 0.3 is 0 Å². The topological polar surface area (TPSA) is 93.0 Å². The molecule has 1 aliphatic rings. The second kappa shape index (κ2) is 3.72. The van der Waals surface area contributed by atoms with Gasteiger partial charge in [0, 0.05) is 6.54 Å². The number of H-pyrrole nitrogens is 1. The van der Waals surface area contributed by atoms with Crippen LogP contribution < -0.4 is 5.32 Å². The number of hydrogen-bond acceptors (Lipinski definition) is 6. The summed E-state index contributed by atoms with van der Waals surface area (Å²) in [5, 5.41) is 11.8. The average molecular weight is 245 g/mol. The molecule has 0 bridgehead atoms. The summed E-state index contributed by atoms with van der Waals surface area (Å²) in [6, 6.07) is 0.0518. The first-order chi connectivity index (χ1) is 8.93. The molecule has 8 heteroatoms. The van der Waals surface area contributed by atoms with Gasteiger partial charge in [0.25, 0.3) is 0 Å². The van der Waals surface area contributed by atoms with Crippen molar-refractivity contribution in [1.82, 2.24) is 34.9 Å². The molecular formula is C10H11N7O. The van der Waals surface area contributed by atoms with Crippen LogP contribution in [-0.4, -0.2) is 49.3 Å². The number of imidazole rings is 1. The molecule has 4 rings (SSSR count). The highest BCUT2D eigenvalue weighted by atomic mass is 16.5. The van der Waals surface area contributed by atoms with E-state index < -0.39 is 0 Å². The minimum Gasteiger partial charge on any atom is -0.378 e. The van der Waals surface area contributed by atoms with Crippen molar-refractivity contribution in [3.05, 3.63) is 18.5 Å². The van der Waals surface area contributed by atoms with Crippen molar-refractivity contribution in [3.8, 4) is 0 Å². The summed E-state index contributed by atoms with van der Waals surface area (Å²) in [5.41, 5.74) is 2.18. The number of rotatable bonds is 1. The maximum absolute atomic E-state index is 5.44. The highest BCUT2D eigenvalue weighted by Crippen LogP contribution is 2.18. The molecule has 1 saturated heterocycles. The Morgan fingerprint density at radius 2 is 2.33 bits per heavy atom. The van der Waals surface area contributed by atoms with E-state index in [9.17, 15) is 0 Å². The van der Waals surface area contributed by atoms with Crippen LogP contribution >= 0.6 is 0 Å². The molecule has 8 nitrogen and oxygen atoms in total. The second-order valence-corrected chi connectivity index (χ2v) is 4.18. The normalized spacial score (nSPS) is 20.8. The van der Waals surface area contributed by atoms with Gasteiger partial charge in [0.1, 0.15) is 11.8 Å². The largest absolute Gasteiger partial charge is 0.378 e. The molecule has 3 aromatic heterocycles. The van der Waals surface area contributed by atoms with Crippen LogP contribution in [0, 0.1) is 0 Å². The summed E-state index contributed by atoms with van der Waals surface area (Å²) >= 11 is 0. The van der Waals surface area contributed by atoms with Crippen LogP contribution in [-0.2, 0) is 4.74 Å². The fourth-order valence-corrected chi connectivity index (χ4v) is 2.22. The van der Waals surface area contributed by atoms with Crippen LogP contribution in [0.4, 0.5) is 0 Å². The molecule has 0 amide bonds. The van der Waals surface area contributed by atoms with Gasteiger partial charge in [0.15, 0.2) is 17.1 Å². The van der Waals surface area contributed by atoms with Gasteiger partial charge in [-0.1, -0.05) is 0 Å². The molecular weight excluding hydrogens is 234 g/mol. The number of morpholine rings is 1. The van der Waals surface area contributed by atoms with E-state index in [0.717, 1.165) is 30.1 Å². The molecule has 92 valence electrons. The summed E-state index contributed by atoms with van der Waals surface area (Å²) in [5.74, 6) is 0.814. The number of ether oxygens (including phenoxy) is 1. The second-order valence-electron chi connectivity index (χ2n) is 4.18. The lowest BCUT2D eigenvalue weighted by Crippen LogP contribution is -2.35. The van der Waals surface area contributed by atoms with Crippen LogP contribution in [0.15, 0.2) is 12.7 Å². The van der Waals surface area contributed by atoms with Crippen LogP contribution in [0.1, 0.15) is 11.9 Å². The first-order valence-electron chi connectivity index (χ1n) is 5.77. The summed E-state index contributed by atoms with van der Waals surface area (Å²) in [7, 11) is 0. The molecule has 3 aromatic rings. The van der Waals surface area contributed by atoms with Crippen molar-refractivity contribution in [3.63, 3.8) is 0 Å². The third-order valence-corrected chi connectivity index (χ3v) is 3.09.